The van der Waals surface area contributed by atoms with Crippen LogP contribution in [0, 0.1) is 0 Å². The summed E-state index contributed by atoms with van der Waals surface area (Å²) < 4.78 is 15.9. The molecule has 2 aromatic carbocycles. The van der Waals surface area contributed by atoms with Crippen LogP contribution < -0.4 is 14.6 Å². The van der Waals surface area contributed by atoms with Gasteiger partial charge < -0.3 is 34.3 Å². The molecule has 10 heteroatoms. The van der Waals surface area contributed by atoms with Crippen LogP contribution in [0.1, 0.15) is 37.0 Å². The van der Waals surface area contributed by atoms with Crippen molar-refractivity contribution in [3.05, 3.63) is 64.5 Å². The average molecular weight is 537 g/mol. The van der Waals surface area contributed by atoms with Crippen molar-refractivity contribution in [3.63, 3.8) is 0 Å². The Labute approximate surface area is 247 Å². The van der Waals surface area contributed by atoms with Crippen LogP contribution in [0.3, 0.4) is 0 Å². The summed E-state index contributed by atoms with van der Waals surface area (Å²) in [5, 5.41) is 16.5. The number of fused-ring (bicyclic) bond motifs is 1. The van der Waals surface area contributed by atoms with Crippen molar-refractivity contribution in [2.24, 2.45) is 0 Å². The fraction of sp³-hybridized carbons (Fsp3) is 0.444. The van der Waals surface area contributed by atoms with Gasteiger partial charge in [0, 0.05) is 6.54 Å². The molecule has 1 aliphatic rings. The molecule has 0 N–H and O–H groups in total. The Morgan fingerprint density at radius 2 is 1.70 bits per heavy atom. The molecule has 0 bridgehead atoms. The summed E-state index contributed by atoms with van der Waals surface area (Å²) >= 11 is 0. The second-order valence-corrected chi connectivity index (χ2v) is 8.60. The third-order valence-corrected chi connectivity index (χ3v) is 6.26. The molecule has 2 aromatic rings. The largest absolute Gasteiger partial charge is 2.00 e. The van der Waals surface area contributed by atoms with E-state index < -0.39 is 36.0 Å². The first-order valence-corrected chi connectivity index (χ1v) is 11.9. The molecule has 37 heavy (non-hydrogen) atoms. The molecule has 0 unspecified atom stereocenters. The number of aliphatic carboxylic acids is 1. The van der Waals surface area contributed by atoms with Gasteiger partial charge in [-0.25, -0.2) is 0 Å². The van der Waals surface area contributed by atoms with Crippen LogP contribution in [0.5, 0.6) is 11.5 Å². The van der Waals surface area contributed by atoms with Gasteiger partial charge in [0.2, 0.25) is 5.91 Å². The van der Waals surface area contributed by atoms with Gasteiger partial charge in [-0.2, -0.15) is 0 Å². The Morgan fingerprint density at radius 1 is 1.08 bits per heavy atom. The molecule has 0 aliphatic carbocycles. The summed E-state index contributed by atoms with van der Waals surface area (Å²) in [5.74, 6) is -1.41. The van der Waals surface area contributed by atoms with Crippen LogP contribution in [0.2, 0.25) is 0 Å². The van der Waals surface area contributed by atoms with Crippen molar-refractivity contribution >= 4 is 55.6 Å². The van der Waals surface area contributed by atoms with Gasteiger partial charge in [-0.15, -0.1) is 0 Å². The van der Waals surface area contributed by atoms with Crippen LogP contribution in [0.25, 0.3) is 5.32 Å². The van der Waals surface area contributed by atoms with Crippen molar-refractivity contribution in [2.75, 3.05) is 20.8 Å². The van der Waals surface area contributed by atoms with Crippen molar-refractivity contribution < 1.29 is 33.7 Å². The Hall–Kier alpha value is -2.33. The first-order valence-electron chi connectivity index (χ1n) is 11.9. The number of carbonyl (C=O) groups is 3. The van der Waals surface area contributed by atoms with E-state index in [1.807, 2.05) is 30.3 Å². The maximum Gasteiger partial charge on any atom is 2.00 e. The number of rotatable bonds is 11. The second kappa shape index (κ2) is 14.6. The van der Waals surface area contributed by atoms with Crippen LogP contribution in [0.4, 0.5) is 0 Å². The Bertz CT molecular complexity index is 1080. The smallest absolute Gasteiger partial charge is 0.640 e. The van der Waals surface area contributed by atoms with E-state index in [2.05, 4.69) is 5.32 Å². The number of carboxylic acid groups (broad SMARTS) is 1. The summed E-state index contributed by atoms with van der Waals surface area (Å²) in [4.78, 5) is 39.3. The summed E-state index contributed by atoms with van der Waals surface area (Å²) in [7, 11) is 3.01. The maximum atomic E-state index is 13.4. The first-order chi connectivity index (χ1) is 17.3. The Morgan fingerprint density at radius 3 is 2.27 bits per heavy atom. The number of ether oxygens (including phenoxy) is 3. The number of nitrogens with zero attached hydrogens (tertiary/aromatic N) is 2. The number of hydrogen-bond acceptors (Lipinski definition) is 7. The topological polar surface area (TPSA) is 119 Å². The third-order valence-electron chi connectivity index (χ3n) is 6.26. The first kappa shape index (κ1) is 30.9. The SMILES string of the molecule is CCOC(=O)[C@H](CCc1ccccc1)[N-][C@@H](C)C(=O)N1Cc2cc(OC)c(OC)cc2C[C@H]1C(=O)[O-].[Ca+2]. The summed E-state index contributed by atoms with van der Waals surface area (Å²) in [5.41, 5.74) is 2.52. The number of hydrogen-bond donors (Lipinski definition) is 0. The molecule has 9 nitrogen and oxygen atoms in total. The predicted octanol–water partition coefficient (Wildman–Crippen LogP) is 1.65. The molecule has 3 rings (SSSR count). The minimum atomic E-state index is -1.36. The fourth-order valence-electron chi connectivity index (χ4n) is 4.37. The zero-order valence-corrected chi connectivity index (χ0v) is 24.0. The van der Waals surface area contributed by atoms with Crippen LogP contribution in [-0.2, 0) is 38.5 Å². The molecule has 194 valence electrons. The quantitative estimate of drug-likeness (QED) is 0.316. The van der Waals surface area contributed by atoms with Gasteiger partial charge in [-0.1, -0.05) is 49.7 Å². The summed E-state index contributed by atoms with van der Waals surface area (Å²) in [6.45, 7) is 3.51. The van der Waals surface area contributed by atoms with Gasteiger partial charge in [-0.05, 0) is 54.6 Å². The minimum Gasteiger partial charge on any atom is -0.640 e. The van der Waals surface area contributed by atoms with Crippen LogP contribution >= 0.6 is 0 Å². The molecule has 0 radical (unpaired) electrons. The van der Waals surface area contributed by atoms with E-state index in [1.165, 1.54) is 19.1 Å². The number of methoxy groups -OCH3 is 2. The van der Waals surface area contributed by atoms with Crippen LogP contribution in [-0.4, -0.2) is 99.4 Å². The molecule has 1 aliphatic heterocycles. The van der Waals surface area contributed by atoms with Gasteiger partial charge in [0.05, 0.1) is 32.8 Å². The zero-order valence-electron chi connectivity index (χ0n) is 21.8. The molecular formula is C27H32CaN2O7. The maximum absolute atomic E-state index is 13.4. The number of carboxylic acids is 1. The zero-order chi connectivity index (χ0) is 26.2. The van der Waals surface area contributed by atoms with Crippen molar-refractivity contribution in [1.82, 2.24) is 4.90 Å². The average Bonchev–Trinajstić information content (AvgIpc) is 2.89. The van der Waals surface area contributed by atoms with Crippen LogP contribution in [0.15, 0.2) is 42.5 Å². The number of amides is 1. The molecular weight excluding hydrogens is 504 g/mol. The molecule has 1 heterocycles. The van der Waals surface area contributed by atoms with Gasteiger partial charge in [0.1, 0.15) is 0 Å². The van der Waals surface area contributed by atoms with Crippen molar-refractivity contribution in [1.29, 1.82) is 0 Å². The third kappa shape index (κ3) is 7.83. The molecule has 0 saturated carbocycles. The normalized spacial score (nSPS) is 16.0. The molecule has 0 saturated heterocycles. The van der Waals surface area contributed by atoms with E-state index in [0.717, 1.165) is 16.7 Å². The standard InChI is InChI=1S/C27H33N2O7.Ca/c1-5-36-27(33)21(12-11-18-9-7-6-8-10-18)28-17(2)25(30)29-16-20-15-24(35-4)23(34-3)14-19(20)13-22(29)26(31)32;/h6-10,14-15,17,21-22H,5,11-13,16H2,1-4H3,(H,31,32);/q-1;+2/p-1/t17-,21-,22-;/m0./s1. The number of carbonyl (C=O) groups excluding carboxylic acids is 3. The second-order valence-electron chi connectivity index (χ2n) is 8.60. The van der Waals surface area contributed by atoms with E-state index in [4.69, 9.17) is 14.2 Å². The molecule has 0 aromatic heterocycles. The van der Waals surface area contributed by atoms with Crippen molar-refractivity contribution in [2.45, 2.75) is 57.8 Å². The van der Waals surface area contributed by atoms with Crippen molar-refractivity contribution in [3.8, 4) is 11.5 Å². The van der Waals surface area contributed by atoms with E-state index in [0.29, 0.717) is 24.3 Å². The van der Waals surface area contributed by atoms with Gasteiger partial charge in [0.15, 0.2) is 11.5 Å². The van der Waals surface area contributed by atoms with Gasteiger partial charge in [0.25, 0.3) is 5.97 Å². The number of aryl methyl sites for hydroxylation is 1. The van der Waals surface area contributed by atoms with E-state index in [9.17, 15) is 19.5 Å². The summed E-state index contributed by atoms with van der Waals surface area (Å²) in [6, 6.07) is 10.1. The molecule has 0 fully saturated rings. The fourth-order valence-corrected chi connectivity index (χ4v) is 4.37. The molecule has 3 atom stereocenters. The molecule has 0 spiro atoms. The number of esters is 1. The van der Waals surface area contributed by atoms with E-state index in [-0.39, 0.29) is 57.3 Å². The van der Waals surface area contributed by atoms with Gasteiger partial charge in [-0.3, -0.25) is 9.59 Å². The van der Waals surface area contributed by atoms with E-state index in [1.54, 1.807) is 26.0 Å². The minimum absolute atomic E-state index is 0. The summed E-state index contributed by atoms with van der Waals surface area (Å²) in [6.07, 6.45) is 1.01. The predicted molar refractivity (Wildman–Crippen MR) is 136 cm³/mol. The molecule has 1 amide bonds. The van der Waals surface area contributed by atoms with E-state index >= 15 is 0 Å². The van der Waals surface area contributed by atoms with Gasteiger partial charge >= 0.3 is 37.7 Å². The Kier molecular flexibility index (Phi) is 12.2. The Balaban J connectivity index is 0.00000481. The number of benzene rings is 2. The monoisotopic (exact) mass is 536 g/mol.